The van der Waals surface area contributed by atoms with Gasteiger partial charge in [-0.15, -0.1) is 0 Å². The van der Waals surface area contributed by atoms with Crippen molar-refractivity contribution in [1.29, 1.82) is 0 Å². The Morgan fingerprint density at radius 3 is 2.85 bits per heavy atom. The van der Waals surface area contributed by atoms with Crippen molar-refractivity contribution in [3.8, 4) is 0 Å². The molecule has 0 bridgehead atoms. The zero-order chi connectivity index (χ0) is 9.10. The molecule has 0 aliphatic carbocycles. The summed E-state index contributed by atoms with van der Waals surface area (Å²) in [6, 6.07) is 0. The number of hydrogen-bond acceptors (Lipinski definition) is 4. The van der Waals surface area contributed by atoms with Gasteiger partial charge in [-0.25, -0.2) is 0 Å². The lowest BCUT2D eigenvalue weighted by atomic mass is 9.98. The van der Waals surface area contributed by atoms with Crippen LogP contribution in [0.3, 0.4) is 0 Å². The van der Waals surface area contributed by atoms with Crippen LogP contribution in [0.4, 0.5) is 0 Å². The minimum Gasteiger partial charge on any atom is -0.339 e. The standard InChI is InChI=1S/C9H15N3O/c1-2-8-11-9(12-13-8)7-3-5-10-6-4-7/h7,10H,2-6H2,1H3. The van der Waals surface area contributed by atoms with E-state index in [0.717, 1.165) is 44.1 Å². The molecular formula is C9H15N3O. The molecule has 1 aliphatic rings. The molecule has 1 fully saturated rings. The molecule has 1 aliphatic heterocycles. The lowest BCUT2D eigenvalue weighted by Gasteiger charge is -2.18. The van der Waals surface area contributed by atoms with Crippen molar-refractivity contribution in [1.82, 2.24) is 15.5 Å². The Morgan fingerprint density at radius 1 is 1.46 bits per heavy atom. The highest BCUT2D eigenvalue weighted by atomic mass is 16.5. The van der Waals surface area contributed by atoms with Gasteiger partial charge in [-0.2, -0.15) is 4.98 Å². The van der Waals surface area contributed by atoms with Gasteiger partial charge in [-0.3, -0.25) is 0 Å². The molecule has 1 aromatic rings. The predicted octanol–water partition coefficient (Wildman–Crippen LogP) is 1.10. The van der Waals surface area contributed by atoms with Gasteiger partial charge in [0, 0.05) is 12.3 Å². The molecule has 2 heterocycles. The fourth-order valence-corrected chi connectivity index (χ4v) is 1.66. The van der Waals surface area contributed by atoms with Crippen LogP contribution in [0, 0.1) is 0 Å². The Morgan fingerprint density at radius 2 is 2.23 bits per heavy atom. The number of piperidine rings is 1. The monoisotopic (exact) mass is 181 g/mol. The summed E-state index contributed by atoms with van der Waals surface area (Å²) in [6.45, 7) is 4.17. The smallest absolute Gasteiger partial charge is 0.226 e. The van der Waals surface area contributed by atoms with E-state index in [1.165, 1.54) is 0 Å². The summed E-state index contributed by atoms with van der Waals surface area (Å²) in [6.07, 6.45) is 3.09. The van der Waals surface area contributed by atoms with Crippen LogP contribution in [0.25, 0.3) is 0 Å². The average molecular weight is 181 g/mol. The van der Waals surface area contributed by atoms with Crippen molar-refractivity contribution >= 4 is 0 Å². The summed E-state index contributed by atoms with van der Waals surface area (Å²) < 4.78 is 5.09. The molecule has 2 rings (SSSR count). The highest BCUT2D eigenvalue weighted by molar-refractivity contribution is 4.97. The van der Waals surface area contributed by atoms with Crippen LogP contribution in [0.5, 0.6) is 0 Å². The van der Waals surface area contributed by atoms with Crippen LogP contribution < -0.4 is 5.32 Å². The molecule has 1 aromatic heterocycles. The molecule has 0 amide bonds. The SMILES string of the molecule is CCc1nc(C2CCNCC2)no1. The van der Waals surface area contributed by atoms with Crippen LogP contribution >= 0.6 is 0 Å². The van der Waals surface area contributed by atoms with Crippen LogP contribution in [0.1, 0.15) is 37.4 Å². The van der Waals surface area contributed by atoms with Gasteiger partial charge in [0.2, 0.25) is 5.89 Å². The van der Waals surface area contributed by atoms with Gasteiger partial charge in [0.05, 0.1) is 0 Å². The van der Waals surface area contributed by atoms with Crippen LogP contribution in [0.2, 0.25) is 0 Å². The molecule has 0 radical (unpaired) electrons. The van der Waals surface area contributed by atoms with Crippen molar-refractivity contribution in [3.63, 3.8) is 0 Å². The number of hydrogen-bond donors (Lipinski definition) is 1. The topological polar surface area (TPSA) is 51.0 Å². The molecule has 1 saturated heterocycles. The number of rotatable bonds is 2. The first-order valence-electron chi connectivity index (χ1n) is 4.93. The first-order chi connectivity index (χ1) is 6.40. The Bertz CT molecular complexity index is 266. The highest BCUT2D eigenvalue weighted by Crippen LogP contribution is 2.22. The van der Waals surface area contributed by atoms with E-state index >= 15 is 0 Å². The Hall–Kier alpha value is -0.900. The lowest BCUT2D eigenvalue weighted by molar-refractivity contribution is 0.363. The Labute approximate surface area is 77.7 Å². The second-order valence-corrected chi connectivity index (χ2v) is 3.42. The lowest BCUT2D eigenvalue weighted by Crippen LogP contribution is -2.27. The fourth-order valence-electron chi connectivity index (χ4n) is 1.66. The largest absolute Gasteiger partial charge is 0.339 e. The van der Waals surface area contributed by atoms with Gasteiger partial charge < -0.3 is 9.84 Å². The van der Waals surface area contributed by atoms with E-state index in [0.29, 0.717) is 5.92 Å². The highest BCUT2D eigenvalue weighted by Gasteiger charge is 2.19. The van der Waals surface area contributed by atoms with Gasteiger partial charge in [0.25, 0.3) is 0 Å². The van der Waals surface area contributed by atoms with Crippen LogP contribution in [0.15, 0.2) is 4.52 Å². The van der Waals surface area contributed by atoms with Crippen molar-refractivity contribution in [2.75, 3.05) is 13.1 Å². The Balaban J connectivity index is 2.05. The quantitative estimate of drug-likeness (QED) is 0.742. The molecule has 4 nitrogen and oxygen atoms in total. The molecule has 0 saturated carbocycles. The second kappa shape index (κ2) is 3.87. The third kappa shape index (κ3) is 1.88. The fraction of sp³-hybridized carbons (Fsp3) is 0.778. The minimum atomic E-state index is 0.505. The maximum atomic E-state index is 5.09. The van der Waals surface area contributed by atoms with Gasteiger partial charge in [0.1, 0.15) is 0 Å². The van der Waals surface area contributed by atoms with Gasteiger partial charge >= 0.3 is 0 Å². The van der Waals surface area contributed by atoms with Crippen LogP contribution in [-0.4, -0.2) is 23.2 Å². The van der Waals surface area contributed by atoms with Crippen molar-refractivity contribution in [2.24, 2.45) is 0 Å². The van der Waals surface area contributed by atoms with E-state index in [1.54, 1.807) is 0 Å². The van der Waals surface area contributed by atoms with E-state index in [1.807, 2.05) is 6.92 Å². The first-order valence-corrected chi connectivity index (χ1v) is 4.93. The number of aromatic nitrogens is 2. The molecule has 4 heteroatoms. The summed E-state index contributed by atoms with van der Waals surface area (Å²) in [5.41, 5.74) is 0. The third-order valence-electron chi connectivity index (χ3n) is 2.49. The van der Waals surface area contributed by atoms with E-state index in [4.69, 9.17) is 4.52 Å². The van der Waals surface area contributed by atoms with Crippen LogP contribution in [-0.2, 0) is 6.42 Å². The van der Waals surface area contributed by atoms with Gasteiger partial charge in [-0.1, -0.05) is 12.1 Å². The maximum Gasteiger partial charge on any atom is 0.226 e. The number of aryl methyl sites for hydroxylation is 1. The summed E-state index contributed by atoms with van der Waals surface area (Å²) in [4.78, 5) is 4.35. The summed E-state index contributed by atoms with van der Waals surface area (Å²) in [7, 11) is 0. The first kappa shape index (κ1) is 8.69. The van der Waals surface area contributed by atoms with E-state index in [9.17, 15) is 0 Å². The Kier molecular flexibility index (Phi) is 2.59. The van der Waals surface area contributed by atoms with Crippen molar-refractivity contribution in [2.45, 2.75) is 32.1 Å². The molecule has 0 aromatic carbocycles. The maximum absolute atomic E-state index is 5.09. The zero-order valence-electron chi connectivity index (χ0n) is 7.92. The number of nitrogens with one attached hydrogen (secondary N) is 1. The summed E-state index contributed by atoms with van der Waals surface area (Å²) in [5.74, 6) is 2.16. The summed E-state index contributed by atoms with van der Waals surface area (Å²) >= 11 is 0. The third-order valence-corrected chi connectivity index (χ3v) is 2.49. The molecule has 13 heavy (non-hydrogen) atoms. The predicted molar refractivity (Wildman–Crippen MR) is 48.5 cm³/mol. The van der Waals surface area contributed by atoms with Gasteiger partial charge in [-0.05, 0) is 25.9 Å². The molecule has 0 atom stereocenters. The van der Waals surface area contributed by atoms with E-state index in [-0.39, 0.29) is 0 Å². The summed E-state index contributed by atoms with van der Waals surface area (Å²) in [5, 5.41) is 7.32. The second-order valence-electron chi connectivity index (χ2n) is 3.42. The normalized spacial score (nSPS) is 19.2. The zero-order valence-corrected chi connectivity index (χ0v) is 7.92. The molecule has 0 unspecified atom stereocenters. The number of nitrogens with zero attached hydrogens (tertiary/aromatic N) is 2. The van der Waals surface area contributed by atoms with Crippen molar-refractivity contribution in [3.05, 3.63) is 11.7 Å². The molecule has 72 valence electrons. The van der Waals surface area contributed by atoms with E-state index in [2.05, 4.69) is 15.5 Å². The van der Waals surface area contributed by atoms with Gasteiger partial charge in [0.15, 0.2) is 5.82 Å². The average Bonchev–Trinajstić information content (AvgIpc) is 2.67. The van der Waals surface area contributed by atoms with Crippen molar-refractivity contribution < 1.29 is 4.52 Å². The molecule has 0 spiro atoms. The molecular weight excluding hydrogens is 166 g/mol. The molecule has 1 N–H and O–H groups in total. The van der Waals surface area contributed by atoms with E-state index < -0.39 is 0 Å². The minimum absolute atomic E-state index is 0.505.